The first-order chi connectivity index (χ1) is 13.4. The Kier molecular flexibility index (Phi) is 6.64. The number of likely N-dealkylation sites (N-methyl/N-ethyl adjacent to an activating group) is 1. The molecule has 1 aliphatic rings. The lowest BCUT2D eigenvalue weighted by Crippen LogP contribution is -2.35. The highest BCUT2D eigenvalue weighted by Gasteiger charge is 2.35. The Morgan fingerprint density at radius 1 is 1.21 bits per heavy atom. The molecule has 0 saturated carbocycles. The fourth-order valence-corrected chi connectivity index (χ4v) is 4.46. The number of rotatable bonds is 8. The summed E-state index contributed by atoms with van der Waals surface area (Å²) in [6.45, 7) is 0.757. The Bertz CT molecular complexity index is 883. The van der Waals surface area contributed by atoms with Gasteiger partial charge in [-0.05, 0) is 50.2 Å². The average Bonchev–Trinajstić information content (AvgIpc) is 3.25. The highest BCUT2D eigenvalue weighted by Crippen LogP contribution is 2.26. The van der Waals surface area contributed by atoms with Gasteiger partial charge in [0.15, 0.2) is 0 Å². The second kappa shape index (κ2) is 8.98. The van der Waals surface area contributed by atoms with E-state index in [2.05, 4.69) is 32.2 Å². The van der Waals surface area contributed by atoms with Gasteiger partial charge in [0.25, 0.3) is 11.8 Å². The van der Waals surface area contributed by atoms with Crippen molar-refractivity contribution in [2.75, 3.05) is 27.2 Å². The Morgan fingerprint density at radius 3 is 2.64 bits per heavy atom. The Balaban J connectivity index is 1.48. The molecule has 0 fully saturated rings. The van der Waals surface area contributed by atoms with Gasteiger partial charge in [0.1, 0.15) is 0 Å². The third-order valence-electron chi connectivity index (χ3n) is 4.71. The van der Waals surface area contributed by atoms with E-state index in [1.165, 1.54) is 9.78 Å². The van der Waals surface area contributed by atoms with Crippen LogP contribution in [0, 0.1) is 0 Å². The highest BCUT2D eigenvalue weighted by atomic mass is 79.9. The zero-order valence-electron chi connectivity index (χ0n) is 15.8. The number of halogens is 1. The smallest absolute Gasteiger partial charge is 0.261 e. The maximum Gasteiger partial charge on any atom is 0.261 e. The van der Waals surface area contributed by atoms with E-state index in [0.29, 0.717) is 24.1 Å². The van der Waals surface area contributed by atoms with Gasteiger partial charge in [0, 0.05) is 28.9 Å². The molecular weight excluding hydrogens is 442 g/mol. The van der Waals surface area contributed by atoms with Crippen molar-refractivity contribution in [1.82, 2.24) is 15.1 Å². The van der Waals surface area contributed by atoms with E-state index in [1.54, 1.807) is 29.5 Å². The highest BCUT2D eigenvalue weighted by molar-refractivity contribution is 9.10. The Labute approximate surface area is 176 Å². The first kappa shape index (κ1) is 20.7. The number of carbonyl (C=O) groups is 3. The van der Waals surface area contributed by atoms with Gasteiger partial charge in [-0.2, -0.15) is 0 Å². The van der Waals surface area contributed by atoms with Crippen LogP contribution < -0.4 is 5.32 Å². The van der Waals surface area contributed by atoms with Crippen LogP contribution in [0.5, 0.6) is 0 Å². The van der Waals surface area contributed by atoms with Gasteiger partial charge in [0.2, 0.25) is 5.91 Å². The topological polar surface area (TPSA) is 69.7 Å². The Morgan fingerprint density at radius 2 is 1.96 bits per heavy atom. The van der Waals surface area contributed by atoms with Crippen molar-refractivity contribution in [1.29, 1.82) is 0 Å². The number of carbonyl (C=O) groups excluding carboxylic acids is 3. The third kappa shape index (κ3) is 4.51. The van der Waals surface area contributed by atoms with Crippen molar-refractivity contribution in [2.45, 2.75) is 18.9 Å². The lowest BCUT2D eigenvalue weighted by molar-refractivity contribution is -0.121. The number of nitrogens with zero attached hydrogens (tertiary/aromatic N) is 2. The quantitative estimate of drug-likeness (QED) is 0.609. The van der Waals surface area contributed by atoms with Crippen LogP contribution in [0.3, 0.4) is 0 Å². The van der Waals surface area contributed by atoms with Gasteiger partial charge in [-0.3, -0.25) is 19.3 Å². The van der Waals surface area contributed by atoms with E-state index in [1.807, 2.05) is 25.5 Å². The van der Waals surface area contributed by atoms with Crippen molar-refractivity contribution in [2.24, 2.45) is 0 Å². The number of fused-ring (bicyclic) bond motifs is 1. The third-order valence-corrected chi connectivity index (χ3v) is 6.17. The summed E-state index contributed by atoms with van der Waals surface area (Å²) < 4.78 is 0.759. The van der Waals surface area contributed by atoms with E-state index >= 15 is 0 Å². The summed E-state index contributed by atoms with van der Waals surface area (Å²) in [5, 5.41) is 4.98. The molecule has 8 heteroatoms. The van der Waals surface area contributed by atoms with Crippen LogP contribution in [0.1, 0.15) is 44.5 Å². The first-order valence-corrected chi connectivity index (χ1v) is 10.7. The minimum absolute atomic E-state index is 0.0808. The van der Waals surface area contributed by atoms with Crippen LogP contribution in [0.4, 0.5) is 0 Å². The molecular formula is C20H22BrN3O3S. The second-order valence-electron chi connectivity index (χ2n) is 6.85. The van der Waals surface area contributed by atoms with Gasteiger partial charge in [0.05, 0.1) is 17.2 Å². The van der Waals surface area contributed by atoms with Gasteiger partial charge in [-0.15, -0.1) is 11.3 Å². The first-order valence-electron chi connectivity index (χ1n) is 9.00. The van der Waals surface area contributed by atoms with E-state index in [9.17, 15) is 14.4 Å². The normalized spacial score (nSPS) is 14.5. The van der Waals surface area contributed by atoms with E-state index in [4.69, 9.17) is 0 Å². The number of imide groups is 1. The summed E-state index contributed by atoms with van der Waals surface area (Å²) in [5.41, 5.74) is 0.830. The van der Waals surface area contributed by atoms with Crippen LogP contribution in [0.2, 0.25) is 0 Å². The van der Waals surface area contributed by atoms with Crippen LogP contribution >= 0.6 is 27.3 Å². The summed E-state index contributed by atoms with van der Waals surface area (Å²) in [7, 11) is 3.97. The lowest BCUT2D eigenvalue weighted by Gasteiger charge is -2.23. The SMILES string of the molecule is CN(C)C(CNC(=O)CCCN1C(=O)c2ccc(Br)cc2C1=O)c1cccs1. The molecule has 3 amide bonds. The molecule has 1 N–H and O–H groups in total. The number of benzene rings is 1. The minimum atomic E-state index is -0.299. The molecule has 28 heavy (non-hydrogen) atoms. The molecule has 1 aromatic carbocycles. The summed E-state index contributed by atoms with van der Waals surface area (Å²) in [6, 6.07) is 9.24. The number of hydrogen-bond donors (Lipinski definition) is 1. The zero-order chi connectivity index (χ0) is 20.3. The second-order valence-corrected chi connectivity index (χ2v) is 8.75. The molecule has 0 spiro atoms. The van der Waals surface area contributed by atoms with Gasteiger partial charge < -0.3 is 10.2 Å². The number of thiophene rings is 1. The van der Waals surface area contributed by atoms with Crippen molar-refractivity contribution >= 4 is 45.0 Å². The molecule has 0 saturated heterocycles. The predicted octanol–water partition coefficient (Wildman–Crippen LogP) is 3.31. The number of amides is 3. The lowest BCUT2D eigenvalue weighted by atomic mass is 10.1. The average molecular weight is 464 g/mol. The molecule has 1 aromatic heterocycles. The summed E-state index contributed by atoms with van der Waals surface area (Å²) in [4.78, 5) is 41.5. The van der Waals surface area contributed by atoms with Gasteiger partial charge >= 0.3 is 0 Å². The molecule has 6 nitrogen and oxygen atoms in total. The maximum absolute atomic E-state index is 12.4. The number of nitrogens with one attached hydrogen (secondary N) is 1. The molecule has 2 aromatic rings. The van der Waals surface area contributed by atoms with E-state index < -0.39 is 0 Å². The number of hydrogen-bond acceptors (Lipinski definition) is 5. The molecule has 3 rings (SSSR count). The summed E-state index contributed by atoms with van der Waals surface area (Å²) in [5.74, 6) is -0.673. The Hall–Kier alpha value is -2.03. The molecule has 1 atom stereocenters. The van der Waals surface area contributed by atoms with Crippen LogP contribution in [-0.2, 0) is 4.79 Å². The van der Waals surface area contributed by atoms with E-state index in [-0.39, 0.29) is 36.7 Å². The van der Waals surface area contributed by atoms with Crippen molar-refractivity contribution in [3.05, 3.63) is 56.2 Å². The molecule has 0 bridgehead atoms. The molecule has 1 unspecified atom stereocenters. The predicted molar refractivity (Wildman–Crippen MR) is 112 cm³/mol. The maximum atomic E-state index is 12.4. The summed E-state index contributed by atoms with van der Waals surface area (Å²) in [6.07, 6.45) is 0.700. The molecule has 148 valence electrons. The summed E-state index contributed by atoms with van der Waals surface area (Å²) >= 11 is 4.98. The fraction of sp³-hybridized carbons (Fsp3) is 0.350. The van der Waals surface area contributed by atoms with Crippen LogP contribution in [0.15, 0.2) is 40.2 Å². The zero-order valence-corrected chi connectivity index (χ0v) is 18.2. The van der Waals surface area contributed by atoms with Gasteiger partial charge in [-0.25, -0.2) is 0 Å². The standard InChI is InChI=1S/C20H22BrN3O3S/c1-23(2)16(17-5-4-10-28-17)12-22-18(25)6-3-9-24-19(26)14-8-7-13(21)11-15(14)20(24)27/h4-5,7-8,10-11,16H,3,6,9,12H2,1-2H3,(H,22,25). The van der Waals surface area contributed by atoms with Crippen molar-refractivity contribution < 1.29 is 14.4 Å². The van der Waals surface area contributed by atoms with Crippen molar-refractivity contribution in [3.63, 3.8) is 0 Å². The van der Waals surface area contributed by atoms with Crippen molar-refractivity contribution in [3.8, 4) is 0 Å². The molecule has 2 heterocycles. The minimum Gasteiger partial charge on any atom is -0.354 e. The monoisotopic (exact) mass is 463 g/mol. The van der Waals surface area contributed by atoms with Gasteiger partial charge in [-0.1, -0.05) is 22.0 Å². The molecule has 0 aliphatic carbocycles. The molecule has 0 radical (unpaired) electrons. The van der Waals surface area contributed by atoms with E-state index in [0.717, 1.165) is 4.47 Å². The van der Waals surface area contributed by atoms with Crippen LogP contribution in [-0.4, -0.2) is 54.7 Å². The fourth-order valence-electron chi connectivity index (χ4n) is 3.18. The molecule has 1 aliphatic heterocycles. The van der Waals surface area contributed by atoms with Crippen LogP contribution in [0.25, 0.3) is 0 Å². The largest absolute Gasteiger partial charge is 0.354 e.